The standard InChI is InChI=1S/C15H14F2N2OS/c1-8-7-21-15(18-8)13(9-5-6-9)19-14(20)10-3-2-4-11(16)12(10)17/h2-4,7,9,13H,5-6H2,1H3,(H,19,20)/t13-/m0/s1. The highest BCUT2D eigenvalue weighted by Gasteiger charge is 2.35. The molecule has 1 amide bonds. The zero-order valence-electron chi connectivity index (χ0n) is 11.4. The molecule has 3 nitrogen and oxygen atoms in total. The minimum atomic E-state index is -1.11. The van der Waals surface area contributed by atoms with E-state index < -0.39 is 17.5 Å². The molecule has 1 aromatic carbocycles. The number of aromatic nitrogens is 1. The first-order valence-corrected chi connectivity index (χ1v) is 7.61. The lowest BCUT2D eigenvalue weighted by molar-refractivity contribution is 0.0926. The SMILES string of the molecule is Cc1csc([C@@H](NC(=O)c2cccc(F)c2F)C2CC2)n1. The third-order valence-electron chi connectivity index (χ3n) is 3.48. The number of hydrogen-bond donors (Lipinski definition) is 1. The van der Waals surface area contributed by atoms with Crippen molar-refractivity contribution >= 4 is 17.2 Å². The van der Waals surface area contributed by atoms with Crippen LogP contribution in [-0.4, -0.2) is 10.9 Å². The highest BCUT2D eigenvalue weighted by Crippen LogP contribution is 2.42. The second kappa shape index (κ2) is 5.52. The molecule has 0 saturated heterocycles. The zero-order chi connectivity index (χ0) is 15.0. The van der Waals surface area contributed by atoms with Crippen molar-refractivity contribution in [3.05, 3.63) is 51.5 Å². The van der Waals surface area contributed by atoms with Crippen LogP contribution in [0.25, 0.3) is 0 Å². The van der Waals surface area contributed by atoms with Crippen molar-refractivity contribution in [1.82, 2.24) is 10.3 Å². The van der Waals surface area contributed by atoms with Gasteiger partial charge in [-0.25, -0.2) is 13.8 Å². The fourth-order valence-electron chi connectivity index (χ4n) is 2.22. The van der Waals surface area contributed by atoms with Crippen LogP contribution in [0, 0.1) is 24.5 Å². The summed E-state index contributed by atoms with van der Waals surface area (Å²) in [6.07, 6.45) is 2.02. The summed E-state index contributed by atoms with van der Waals surface area (Å²) in [6.45, 7) is 1.89. The van der Waals surface area contributed by atoms with Gasteiger partial charge in [-0.1, -0.05) is 6.07 Å². The summed E-state index contributed by atoms with van der Waals surface area (Å²) in [5, 5.41) is 5.53. The predicted molar refractivity (Wildman–Crippen MR) is 76.1 cm³/mol. The first-order valence-electron chi connectivity index (χ1n) is 6.73. The van der Waals surface area contributed by atoms with Crippen LogP contribution in [0.2, 0.25) is 0 Å². The molecule has 1 aromatic heterocycles. The molecule has 1 atom stereocenters. The van der Waals surface area contributed by atoms with E-state index in [1.165, 1.54) is 23.5 Å². The molecule has 0 radical (unpaired) electrons. The Bertz CT molecular complexity index is 682. The number of nitrogens with one attached hydrogen (secondary N) is 1. The van der Waals surface area contributed by atoms with Crippen LogP contribution >= 0.6 is 11.3 Å². The van der Waals surface area contributed by atoms with Crippen LogP contribution in [-0.2, 0) is 0 Å². The number of nitrogens with zero attached hydrogens (tertiary/aromatic N) is 1. The summed E-state index contributed by atoms with van der Waals surface area (Å²) >= 11 is 1.48. The second-order valence-electron chi connectivity index (χ2n) is 5.22. The Balaban J connectivity index is 1.83. The largest absolute Gasteiger partial charge is 0.342 e. The highest BCUT2D eigenvalue weighted by atomic mass is 32.1. The van der Waals surface area contributed by atoms with Crippen LogP contribution < -0.4 is 5.32 Å². The normalized spacial score (nSPS) is 15.8. The molecule has 1 aliphatic rings. The summed E-state index contributed by atoms with van der Waals surface area (Å²) in [4.78, 5) is 16.6. The second-order valence-corrected chi connectivity index (χ2v) is 6.11. The molecule has 110 valence electrons. The number of carbonyl (C=O) groups is 1. The van der Waals surface area contributed by atoms with Gasteiger partial charge in [0.15, 0.2) is 11.6 Å². The van der Waals surface area contributed by atoms with Gasteiger partial charge in [-0.05, 0) is 37.8 Å². The first-order chi connectivity index (χ1) is 10.1. The maximum absolute atomic E-state index is 13.7. The molecule has 0 unspecified atom stereocenters. The molecular formula is C15H14F2N2OS. The summed E-state index contributed by atoms with van der Waals surface area (Å²) < 4.78 is 26.9. The number of thiazole rings is 1. The smallest absolute Gasteiger partial charge is 0.254 e. The van der Waals surface area contributed by atoms with E-state index in [2.05, 4.69) is 10.3 Å². The van der Waals surface area contributed by atoms with Crippen molar-refractivity contribution in [1.29, 1.82) is 0 Å². The van der Waals surface area contributed by atoms with Gasteiger partial charge in [0, 0.05) is 11.1 Å². The third-order valence-corrected chi connectivity index (χ3v) is 4.52. The van der Waals surface area contributed by atoms with E-state index in [4.69, 9.17) is 0 Å². The molecule has 0 bridgehead atoms. The van der Waals surface area contributed by atoms with Crippen LogP contribution in [0.5, 0.6) is 0 Å². The van der Waals surface area contributed by atoms with Crippen LogP contribution in [0.1, 0.15) is 39.9 Å². The number of halogens is 2. The Morgan fingerprint density at radius 2 is 2.19 bits per heavy atom. The van der Waals surface area contributed by atoms with Crippen molar-refractivity contribution in [3.8, 4) is 0 Å². The molecule has 1 aliphatic carbocycles. The molecule has 3 rings (SSSR count). The highest BCUT2D eigenvalue weighted by molar-refractivity contribution is 7.09. The van der Waals surface area contributed by atoms with E-state index >= 15 is 0 Å². The Morgan fingerprint density at radius 1 is 1.43 bits per heavy atom. The van der Waals surface area contributed by atoms with E-state index in [1.54, 1.807) is 0 Å². The maximum atomic E-state index is 13.7. The molecule has 6 heteroatoms. The number of hydrogen-bond acceptors (Lipinski definition) is 3. The summed E-state index contributed by atoms with van der Waals surface area (Å²) in [5.41, 5.74) is 0.626. The summed E-state index contributed by atoms with van der Waals surface area (Å²) in [6, 6.07) is 3.38. The molecule has 1 N–H and O–H groups in total. The lowest BCUT2D eigenvalue weighted by Crippen LogP contribution is -2.30. The predicted octanol–water partition coefficient (Wildman–Crippen LogP) is 3.61. The monoisotopic (exact) mass is 308 g/mol. The van der Waals surface area contributed by atoms with Gasteiger partial charge in [-0.15, -0.1) is 11.3 Å². The van der Waals surface area contributed by atoms with Gasteiger partial charge in [-0.3, -0.25) is 4.79 Å². The van der Waals surface area contributed by atoms with Gasteiger partial charge in [0.25, 0.3) is 5.91 Å². The van der Waals surface area contributed by atoms with Gasteiger partial charge in [0.05, 0.1) is 11.6 Å². The molecule has 2 aromatic rings. The van der Waals surface area contributed by atoms with Crippen LogP contribution in [0.3, 0.4) is 0 Å². The van der Waals surface area contributed by atoms with E-state index in [0.29, 0.717) is 5.92 Å². The number of rotatable bonds is 4. The number of amides is 1. The fraction of sp³-hybridized carbons (Fsp3) is 0.333. The summed E-state index contributed by atoms with van der Waals surface area (Å²) in [7, 11) is 0. The van der Waals surface area contributed by atoms with Crippen LogP contribution in [0.15, 0.2) is 23.6 Å². The zero-order valence-corrected chi connectivity index (χ0v) is 12.2. The molecule has 1 heterocycles. The van der Waals surface area contributed by atoms with Crippen molar-refractivity contribution in [3.63, 3.8) is 0 Å². The molecule has 1 fully saturated rings. The average molecular weight is 308 g/mol. The topological polar surface area (TPSA) is 42.0 Å². The molecular weight excluding hydrogens is 294 g/mol. The third kappa shape index (κ3) is 2.95. The van der Waals surface area contributed by atoms with Gasteiger partial charge in [0.2, 0.25) is 0 Å². The minimum absolute atomic E-state index is 0.223. The number of aryl methyl sites for hydroxylation is 1. The Kier molecular flexibility index (Phi) is 3.71. The quantitative estimate of drug-likeness (QED) is 0.937. The average Bonchev–Trinajstić information content (AvgIpc) is 3.20. The summed E-state index contributed by atoms with van der Waals surface area (Å²) in [5.74, 6) is -2.40. The van der Waals surface area contributed by atoms with Gasteiger partial charge in [0.1, 0.15) is 5.01 Å². The Labute approximate surface area is 125 Å². The number of carbonyl (C=O) groups excluding carboxylic acids is 1. The van der Waals surface area contributed by atoms with Gasteiger partial charge < -0.3 is 5.32 Å². The Hall–Kier alpha value is -1.82. The Morgan fingerprint density at radius 3 is 2.81 bits per heavy atom. The van der Waals surface area contributed by atoms with Crippen LogP contribution in [0.4, 0.5) is 8.78 Å². The lowest BCUT2D eigenvalue weighted by atomic mass is 10.1. The van der Waals surface area contributed by atoms with Gasteiger partial charge in [-0.2, -0.15) is 0 Å². The lowest BCUT2D eigenvalue weighted by Gasteiger charge is -2.16. The van der Waals surface area contributed by atoms with Crippen molar-refractivity contribution in [2.45, 2.75) is 25.8 Å². The maximum Gasteiger partial charge on any atom is 0.254 e. The number of benzene rings is 1. The molecule has 0 spiro atoms. The van der Waals surface area contributed by atoms with E-state index in [9.17, 15) is 13.6 Å². The molecule has 0 aliphatic heterocycles. The van der Waals surface area contributed by atoms with E-state index in [-0.39, 0.29) is 11.6 Å². The van der Waals surface area contributed by atoms with E-state index in [0.717, 1.165) is 29.6 Å². The van der Waals surface area contributed by atoms with Crippen molar-refractivity contribution < 1.29 is 13.6 Å². The van der Waals surface area contributed by atoms with Gasteiger partial charge >= 0.3 is 0 Å². The van der Waals surface area contributed by atoms with E-state index in [1.807, 2.05) is 12.3 Å². The van der Waals surface area contributed by atoms with Crippen molar-refractivity contribution in [2.75, 3.05) is 0 Å². The molecule has 21 heavy (non-hydrogen) atoms. The first kappa shape index (κ1) is 14.1. The minimum Gasteiger partial charge on any atom is -0.342 e. The fourth-order valence-corrected chi connectivity index (χ4v) is 3.16. The van der Waals surface area contributed by atoms with Crippen molar-refractivity contribution in [2.24, 2.45) is 5.92 Å². The molecule has 1 saturated carbocycles.